The number of rotatable bonds is 4. The lowest BCUT2D eigenvalue weighted by molar-refractivity contribution is 0.0918. The molecule has 0 saturated carbocycles. The maximum absolute atomic E-state index is 13.3. The summed E-state index contributed by atoms with van der Waals surface area (Å²) in [5, 5.41) is 0. The van der Waals surface area contributed by atoms with Gasteiger partial charge in [-0.1, -0.05) is 12.1 Å². The van der Waals surface area contributed by atoms with E-state index in [-0.39, 0.29) is 18.1 Å². The molecule has 0 saturated heterocycles. The summed E-state index contributed by atoms with van der Waals surface area (Å²) in [6.45, 7) is -0.289. The fourth-order valence-electron chi connectivity index (χ4n) is 1.45. The molecule has 0 radical (unpaired) electrons. The van der Waals surface area contributed by atoms with Crippen molar-refractivity contribution in [2.45, 2.75) is 0 Å². The molecule has 5 heteroatoms. The molecule has 0 atom stereocenters. The van der Waals surface area contributed by atoms with Gasteiger partial charge in [-0.3, -0.25) is 4.79 Å². The lowest BCUT2D eigenvalue weighted by Crippen LogP contribution is -2.12. The molecule has 0 aromatic heterocycles. The van der Waals surface area contributed by atoms with Gasteiger partial charge in [-0.05, 0) is 46.9 Å². The monoisotopic (exact) mass is 374 g/mol. The van der Waals surface area contributed by atoms with E-state index in [0.717, 1.165) is 15.7 Å². The second kappa shape index (κ2) is 6.10. The van der Waals surface area contributed by atoms with E-state index in [1.807, 2.05) is 0 Å². The van der Waals surface area contributed by atoms with Gasteiger partial charge in [-0.2, -0.15) is 0 Å². The highest BCUT2D eigenvalue weighted by atomic mass is 127. The number of carbonyl (C=O) groups is 1. The van der Waals surface area contributed by atoms with Gasteiger partial charge in [0.25, 0.3) is 0 Å². The quantitative estimate of drug-likeness (QED) is 0.601. The molecule has 0 aliphatic rings. The summed E-state index contributed by atoms with van der Waals surface area (Å²) in [5.41, 5.74) is 0.489. The van der Waals surface area contributed by atoms with Crippen molar-refractivity contribution in [2.75, 3.05) is 6.61 Å². The van der Waals surface area contributed by atoms with E-state index in [2.05, 4.69) is 22.6 Å². The summed E-state index contributed by atoms with van der Waals surface area (Å²) in [5.74, 6) is -1.91. The highest BCUT2D eigenvalue weighted by molar-refractivity contribution is 14.1. The molecular weight excluding hydrogens is 365 g/mol. The molecule has 0 spiro atoms. The minimum absolute atomic E-state index is 0.139. The minimum atomic E-state index is -0.824. The van der Waals surface area contributed by atoms with Crippen LogP contribution < -0.4 is 4.74 Å². The fraction of sp³-hybridized carbons (Fsp3) is 0.0714. The molecular formula is C14H9F2IO2. The van der Waals surface area contributed by atoms with Crippen LogP contribution in [0.2, 0.25) is 0 Å². The number of carbonyl (C=O) groups excluding carboxylic acids is 1. The van der Waals surface area contributed by atoms with Crippen LogP contribution in [0, 0.1) is 15.2 Å². The molecule has 0 bridgehead atoms. The van der Waals surface area contributed by atoms with Crippen LogP contribution in [0.1, 0.15) is 10.4 Å². The number of halogens is 3. The van der Waals surface area contributed by atoms with Crippen LogP contribution in [0.25, 0.3) is 0 Å². The molecule has 0 unspecified atom stereocenters. The zero-order valence-electron chi connectivity index (χ0n) is 9.70. The first-order valence-electron chi connectivity index (χ1n) is 5.43. The highest BCUT2D eigenvalue weighted by Gasteiger charge is 2.09. The highest BCUT2D eigenvalue weighted by Crippen LogP contribution is 2.18. The maximum Gasteiger partial charge on any atom is 0.200 e. The van der Waals surface area contributed by atoms with Gasteiger partial charge >= 0.3 is 0 Å². The lowest BCUT2D eigenvalue weighted by Gasteiger charge is -2.06. The molecule has 98 valence electrons. The number of Topliss-reactive ketones (excluding diaryl/α,β-unsaturated/α-hetero) is 1. The fourth-order valence-corrected chi connectivity index (χ4v) is 1.81. The van der Waals surface area contributed by atoms with Crippen LogP contribution in [-0.4, -0.2) is 12.4 Å². The second-order valence-corrected chi connectivity index (χ2v) is 5.04. The standard InChI is InChI=1S/C14H9F2IO2/c15-10-3-6-14(12(16)7-10)19-8-13(18)9-1-4-11(17)5-2-9/h1-7H,8H2. The molecule has 2 rings (SSSR count). The number of ketones is 1. The summed E-state index contributed by atoms with van der Waals surface area (Å²) in [6, 6.07) is 9.89. The van der Waals surface area contributed by atoms with E-state index < -0.39 is 11.6 Å². The summed E-state index contributed by atoms with van der Waals surface area (Å²) in [4.78, 5) is 11.8. The molecule has 0 fully saturated rings. The van der Waals surface area contributed by atoms with Gasteiger partial charge < -0.3 is 4.74 Å². The summed E-state index contributed by atoms with van der Waals surface area (Å²) in [6.07, 6.45) is 0. The number of hydrogen-bond acceptors (Lipinski definition) is 2. The minimum Gasteiger partial charge on any atom is -0.482 e. The number of hydrogen-bond donors (Lipinski definition) is 0. The van der Waals surface area contributed by atoms with Crippen LogP contribution in [0.15, 0.2) is 42.5 Å². The van der Waals surface area contributed by atoms with Gasteiger partial charge in [0.05, 0.1) is 0 Å². The average Bonchev–Trinajstić information content (AvgIpc) is 2.38. The predicted octanol–water partition coefficient (Wildman–Crippen LogP) is 3.83. The van der Waals surface area contributed by atoms with Crippen molar-refractivity contribution >= 4 is 28.4 Å². The summed E-state index contributed by atoms with van der Waals surface area (Å²) in [7, 11) is 0. The van der Waals surface area contributed by atoms with E-state index in [4.69, 9.17) is 4.74 Å². The maximum atomic E-state index is 13.3. The molecule has 2 nitrogen and oxygen atoms in total. The van der Waals surface area contributed by atoms with Gasteiger partial charge in [-0.25, -0.2) is 8.78 Å². The number of ether oxygens (including phenoxy) is 1. The SMILES string of the molecule is O=C(COc1ccc(F)cc1F)c1ccc(I)cc1. The first kappa shape index (κ1) is 13.9. The van der Waals surface area contributed by atoms with Gasteiger partial charge in [-0.15, -0.1) is 0 Å². The van der Waals surface area contributed by atoms with Gasteiger partial charge in [0.2, 0.25) is 0 Å². The van der Waals surface area contributed by atoms with Gasteiger partial charge in [0, 0.05) is 15.2 Å². The van der Waals surface area contributed by atoms with Crippen molar-refractivity contribution in [3.8, 4) is 5.75 Å². The molecule has 2 aromatic rings. The molecule has 2 aromatic carbocycles. The van der Waals surface area contributed by atoms with Gasteiger partial charge in [0.15, 0.2) is 24.0 Å². The van der Waals surface area contributed by atoms with E-state index in [1.165, 1.54) is 0 Å². The van der Waals surface area contributed by atoms with Crippen molar-refractivity contribution in [2.24, 2.45) is 0 Å². The van der Waals surface area contributed by atoms with Crippen molar-refractivity contribution in [1.82, 2.24) is 0 Å². The predicted molar refractivity (Wildman–Crippen MR) is 75.3 cm³/mol. The van der Waals surface area contributed by atoms with Crippen LogP contribution in [0.4, 0.5) is 8.78 Å². The average molecular weight is 374 g/mol. The topological polar surface area (TPSA) is 26.3 Å². The van der Waals surface area contributed by atoms with Crippen LogP contribution in [0.5, 0.6) is 5.75 Å². The Labute approximate surface area is 122 Å². The Hall–Kier alpha value is -1.50. The third-order valence-corrected chi connectivity index (χ3v) is 3.14. The van der Waals surface area contributed by atoms with Crippen molar-refractivity contribution in [3.05, 3.63) is 63.2 Å². The normalized spacial score (nSPS) is 10.3. The molecule has 0 heterocycles. The van der Waals surface area contributed by atoms with Gasteiger partial charge in [0.1, 0.15) is 5.82 Å². The van der Waals surface area contributed by atoms with Crippen molar-refractivity contribution in [1.29, 1.82) is 0 Å². The van der Waals surface area contributed by atoms with E-state index >= 15 is 0 Å². The zero-order valence-corrected chi connectivity index (χ0v) is 11.9. The lowest BCUT2D eigenvalue weighted by atomic mass is 10.1. The van der Waals surface area contributed by atoms with E-state index in [1.54, 1.807) is 24.3 Å². The Balaban J connectivity index is 2.02. The molecule has 0 aliphatic heterocycles. The smallest absolute Gasteiger partial charge is 0.200 e. The Morgan fingerprint density at radius 3 is 2.42 bits per heavy atom. The van der Waals surface area contributed by atoms with E-state index in [9.17, 15) is 13.6 Å². The molecule has 0 amide bonds. The number of benzene rings is 2. The molecule has 0 aliphatic carbocycles. The molecule has 0 N–H and O–H groups in total. The largest absolute Gasteiger partial charge is 0.482 e. The Morgan fingerprint density at radius 2 is 1.79 bits per heavy atom. The third-order valence-electron chi connectivity index (χ3n) is 2.42. The Morgan fingerprint density at radius 1 is 1.11 bits per heavy atom. The Bertz CT molecular complexity index is 597. The van der Waals surface area contributed by atoms with Crippen LogP contribution in [0.3, 0.4) is 0 Å². The van der Waals surface area contributed by atoms with Crippen molar-refractivity contribution in [3.63, 3.8) is 0 Å². The first-order valence-corrected chi connectivity index (χ1v) is 6.51. The first-order chi connectivity index (χ1) is 9.06. The van der Waals surface area contributed by atoms with Crippen molar-refractivity contribution < 1.29 is 18.3 Å². The Kier molecular flexibility index (Phi) is 4.47. The zero-order chi connectivity index (χ0) is 13.8. The second-order valence-electron chi connectivity index (χ2n) is 3.79. The summed E-state index contributed by atoms with van der Waals surface area (Å²) >= 11 is 2.13. The summed E-state index contributed by atoms with van der Waals surface area (Å²) < 4.78 is 32.0. The van der Waals surface area contributed by atoms with Crippen LogP contribution in [-0.2, 0) is 0 Å². The van der Waals surface area contributed by atoms with Crippen LogP contribution >= 0.6 is 22.6 Å². The van der Waals surface area contributed by atoms with E-state index in [0.29, 0.717) is 11.6 Å². The molecule has 19 heavy (non-hydrogen) atoms. The third kappa shape index (κ3) is 3.73.